The Hall–Kier alpha value is -2.89. The summed E-state index contributed by atoms with van der Waals surface area (Å²) in [5.74, 6) is 0.00213. The minimum absolute atomic E-state index is 0.00213. The van der Waals surface area contributed by atoms with Crippen LogP contribution in [0.1, 0.15) is 25.0 Å². The van der Waals surface area contributed by atoms with E-state index in [0.29, 0.717) is 13.0 Å². The summed E-state index contributed by atoms with van der Waals surface area (Å²) in [6.45, 7) is 4.35. The number of carbonyl (C=O) groups is 1. The quantitative estimate of drug-likeness (QED) is 0.604. The predicted octanol–water partition coefficient (Wildman–Crippen LogP) is 3.27. The first-order valence-electron chi connectivity index (χ1n) is 7.79. The van der Waals surface area contributed by atoms with E-state index in [1.807, 2.05) is 44.2 Å². The number of anilines is 1. The molecule has 2 aromatic carbocycles. The molecule has 0 heterocycles. The number of nitrogens with zero attached hydrogens (tertiary/aromatic N) is 1. The molecule has 0 spiro atoms. The Labute approximate surface area is 141 Å². The fourth-order valence-corrected chi connectivity index (χ4v) is 2.28. The summed E-state index contributed by atoms with van der Waals surface area (Å²) in [5.41, 5.74) is 2.76. The van der Waals surface area contributed by atoms with E-state index in [1.54, 1.807) is 12.1 Å². The molecule has 0 fully saturated rings. The standard InChI is InChI=1S/C18H21N3O3/c1-13(2)20-18(22)11-14-6-8-16(9-7-14)19-12-15-4-3-5-17(10-15)21(23)24/h3-10,13,19H,11-12H2,1-2H3,(H,20,22). The van der Waals surface area contributed by atoms with Crippen LogP contribution in [0.4, 0.5) is 11.4 Å². The van der Waals surface area contributed by atoms with Gasteiger partial charge in [-0.1, -0.05) is 24.3 Å². The van der Waals surface area contributed by atoms with E-state index >= 15 is 0 Å². The third-order valence-electron chi connectivity index (χ3n) is 3.39. The van der Waals surface area contributed by atoms with Crippen LogP contribution in [0.3, 0.4) is 0 Å². The number of amides is 1. The van der Waals surface area contributed by atoms with Crippen LogP contribution in [-0.4, -0.2) is 16.9 Å². The Kier molecular flexibility index (Phi) is 5.89. The lowest BCUT2D eigenvalue weighted by atomic mass is 10.1. The van der Waals surface area contributed by atoms with E-state index < -0.39 is 4.92 Å². The van der Waals surface area contributed by atoms with Gasteiger partial charge in [-0.25, -0.2) is 0 Å². The third-order valence-corrected chi connectivity index (χ3v) is 3.39. The smallest absolute Gasteiger partial charge is 0.269 e. The van der Waals surface area contributed by atoms with Crippen molar-refractivity contribution in [1.29, 1.82) is 0 Å². The number of hydrogen-bond donors (Lipinski definition) is 2. The first-order chi connectivity index (χ1) is 11.4. The maximum absolute atomic E-state index is 11.7. The normalized spacial score (nSPS) is 10.5. The summed E-state index contributed by atoms with van der Waals surface area (Å²) < 4.78 is 0. The molecule has 1 amide bonds. The van der Waals surface area contributed by atoms with Crippen molar-refractivity contribution in [3.63, 3.8) is 0 Å². The van der Waals surface area contributed by atoms with Crippen LogP contribution < -0.4 is 10.6 Å². The van der Waals surface area contributed by atoms with Gasteiger partial charge in [-0.2, -0.15) is 0 Å². The second-order valence-electron chi connectivity index (χ2n) is 5.88. The van der Waals surface area contributed by atoms with Crippen molar-refractivity contribution in [2.24, 2.45) is 0 Å². The number of non-ortho nitro benzene ring substituents is 1. The van der Waals surface area contributed by atoms with Crippen molar-refractivity contribution >= 4 is 17.3 Å². The molecule has 2 N–H and O–H groups in total. The molecule has 126 valence electrons. The van der Waals surface area contributed by atoms with Crippen LogP contribution in [0.25, 0.3) is 0 Å². The molecule has 0 unspecified atom stereocenters. The Balaban J connectivity index is 1.91. The largest absolute Gasteiger partial charge is 0.381 e. The molecule has 6 heteroatoms. The summed E-state index contributed by atoms with van der Waals surface area (Å²) in [4.78, 5) is 22.1. The van der Waals surface area contributed by atoms with Crippen molar-refractivity contribution < 1.29 is 9.72 Å². The molecule has 0 atom stereocenters. The molecule has 0 saturated carbocycles. The van der Waals surface area contributed by atoms with E-state index in [9.17, 15) is 14.9 Å². The summed E-state index contributed by atoms with van der Waals surface area (Å²) >= 11 is 0. The average Bonchev–Trinajstić information content (AvgIpc) is 2.53. The maximum Gasteiger partial charge on any atom is 0.269 e. The van der Waals surface area contributed by atoms with Gasteiger partial charge < -0.3 is 10.6 Å². The zero-order chi connectivity index (χ0) is 17.5. The van der Waals surface area contributed by atoms with E-state index in [-0.39, 0.29) is 17.6 Å². The van der Waals surface area contributed by atoms with Crippen LogP contribution in [0.5, 0.6) is 0 Å². The fraction of sp³-hybridized carbons (Fsp3) is 0.278. The summed E-state index contributed by atoms with van der Waals surface area (Å²) in [6.07, 6.45) is 0.351. The molecule has 2 aromatic rings. The number of benzene rings is 2. The number of nitro benzene ring substituents is 1. The van der Waals surface area contributed by atoms with Gasteiger partial charge in [-0.3, -0.25) is 14.9 Å². The van der Waals surface area contributed by atoms with Crippen LogP contribution in [0.2, 0.25) is 0 Å². The highest BCUT2D eigenvalue weighted by molar-refractivity contribution is 5.78. The second kappa shape index (κ2) is 8.10. The van der Waals surface area contributed by atoms with Gasteiger partial charge in [0.1, 0.15) is 0 Å². The van der Waals surface area contributed by atoms with Gasteiger partial charge in [-0.15, -0.1) is 0 Å². The lowest BCUT2D eigenvalue weighted by Gasteiger charge is -2.10. The zero-order valence-electron chi connectivity index (χ0n) is 13.8. The van der Waals surface area contributed by atoms with Crippen LogP contribution in [0, 0.1) is 10.1 Å². The Morgan fingerprint density at radius 2 is 1.83 bits per heavy atom. The van der Waals surface area contributed by atoms with Crippen molar-refractivity contribution in [2.45, 2.75) is 32.9 Å². The number of nitro groups is 1. The molecular formula is C18H21N3O3. The van der Waals surface area contributed by atoms with Crippen LogP contribution >= 0.6 is 0 Å². The van der Waals surface area contributed by atoms with Crippen molar-refractivity contribution in [2.75, 3.05) is 5.32 Å². The molecule has 0 bridgehead atoms. The minimum Gasteiger partial charge on any atom is -0.381 e. The van der Waals surface area contributed by atoms with Crippen molar-refractivity contribution in [1.82, 2.24) is 5.32 Å². The molecule has 0 saturated heterocycles. The van der Waals surface area contributed by atoms with Crippen LogP contribution in [0.15, 0.2) is 48.5 Å². The zero-order valence-corrected chi connectivity index (χ0v) is 13.8. The van der Waals surface area contributed by atoms with Crippen LogP contribution in [-0.2, 0) is 17.8 Å². The number of rotatable bonds is 7. The lowest BCUT2D eigenvalue weighted by molar-refractivity contribution is -0.384. The first kappa shape index (κ1) is 17.5. The van der Waals surface area contributed by atoms with E-state index in [4.69, 9.17) is 0 Å². The molecule has 0 aromatic heterocycles. The Morgan fingerprint density at radius 1 is 1.12 bits per heavy atom. The van der Waals surface area contributed by atoms with Gasteiger partial charge in [0.2, 0.25) is 5.91 Å². The lowest BCUT2D eigenvalue weighted by Crippen LogP contribution is -2.31. The average molecular weight is 327 g/mol. The van der Waals surface area contributed by atoms with E-state index in [0.717, 1.165) is 16.8 Å². The minimum atomic E-state index is -0.402. The molecular weight excluding hydrogens is 306 g/mol. The van der Waals surface area contributed by atoms with Crippen molar-refractivity contribution in [3.8, 4) is 0 Å². The Morgan fingerprint density at radius 3 is 2.46 bits per heavy atom. The first-order valence-corrected chi connectivity index (χ1v) is 7.79. The fourth-order valence-electron chi connectivity index (χ4n) is 2.28. The molecule has 0 radical (unpaired) electrons. The molecule has 0 aliphatic rings. The van der Waals surface area contributed by atoms with Gasteiger partial charge in [0.15, 0.2) is 0 Å². The van der Waals surface area contributed by atoms with E-state index in [2.05, 4.69) is 10.6 Å². The molecule has 0 aliphatic heterocycles. The third kappa shape index (κ3) is 5.39. The highest BCUT2D eigenvalue weighted by Crippen LogP contribution is 2.15. The van der Waals surface area contributed by atoms with Gasteiger partial charge in [0, 0.05) is 30.4 Å². The van der Waals surface area contributed by atoms with Gasteiger partial charge in [0.05, 0.1) is 11.3 Å². The number of hydrogen-bond acceptors (Lipinski definition) is 4. The van der Waals surface area contributed by atoms with E-state index in [1.165, 1.54) is 6.07 Å². The van der Waals surface area contributed by atoms with Gasteiger partial charge >= 0.3 is 0 Å². The van der Waals surface area contributed by atoms with Crippen molar-refractivity contribution in [3.05, 3.63) is 69.8 Å². The highest BCUT2D eigenvalue weighted by atomic mass is 16.6. The molecule has 24 heavy (non-hydrogen) atoms. The second-order valence-corrected chi connectivity index (χ2v) is 5.88. The SMILES string of the molecule is CC(C)NC(=O)Cc1ccc(NCc2cccc([N+](=O)[O-])c2)cc1. The monoisotopic (exact) mass is 327 g/mol. The van der Waals surface area contributed by atoms with Gasteiger partial charge in [0.25, 0.3) is 5.69 Å². The number of carbonyl (C=O) groups excluding carboxylic acids is 1. The maximum atomic E-state index is 11.7. The molecule has 6 nitrogen and oxygen atoms in total. The predicted molar refractivity (Wildman–Crippen MR) is 93.8 cm³/mol. The summed E-state index contributed by atoms with van der Waals surface area (Å²) in [5, 5.41) is 16.8. The number of nitrogens with one attached hydrogen (secondary N) is 2. The highest BCUT2D eigenvalue weighted by Gasteiger charge is 2.06. The topological polar surface area (TPSA) is 84.3 Å². The summed E-state index contributed by atoms with van der Waals surface area (Å²) in [7, 11) is 0. The molecule has 0 aliphatic carbocycles. The summed E-state index contributed by atoms with van der Waals surface area (Å²) in [6, 6.07) is 14.3. The Bertz CT molecular complexity index is 712. The molecule has 2 rings (SSSR count). The van der Waals surface area contributed by atoms with Gasteiger partial charge in [-0.05, 0) is 37.1 Å².